The molecule has 276 valence electrons. The van der Waals surface area contributed by atoms with Crippen molar-refractivity contribution in [3.63, 3.8) is 0 Å². The molecule has 0 saturated carbocycles. The van der Waals surface area contributed by atoms with Gasteiger partial charge in [0.15, 0.2) is 17.5 Å². The van der Waals surface area contributed by atoms with Gasteiger partial charge in [-0.05, 0) is 65.0 Å². The minimum Gasteiger partial charge on any atom is -0.330 e. The molecule has 0 bridgehead atoms. The maximum atomic E-state index is 5.24. The molecule has 5 heteroatoms. The van der Waals surface area contributed by atoms with Crippen LogP contribution in [0.15, 0.2) is 188 Å². The summed E-state index contributed by atoms with van der Waals surface area (Å²) in [5.41, 5.74) is 10.0. The number of hydrogen-bond donors (Lipinski definition) is 0. The number of fused-ring (bicyclic) bond motifs is 11. The van der Waals surface area contributed by atoms with E-state index in [1.807, 2.05) is 18.2 Å². The molecule has 0 fully saturated rings. The second kappa shape index (κ2) is 11.9. The van der Waals surface area contributed by atoms with Crippen LogP contribution < -0.4 is 4.90 Å². The lowest BCUT2D eigenvalue weighted by molar-refractivity contribution is 0.543. The van der Waals surface area contributed by atoms with Crippen LogP contribution in [0.4, 0.5) is 11.4 Å². The van der Waals surface area contributed by atoms with Crippen molar-refractivity contribution in [1.82, 2.24) is 19.4 Å². The second-order valence-electron chi connectivity index (χ2n) is 16.2. The van der Waals surface area contributed by atoms with E-state index in [1.54, 1.807) is 0 Å². The lowest BCUT2D eigenvalue weighted by Gasteiger charge is -2.40. The number of nitrogens with zero attached hydrogens (tertiary/aromatic N) is 5. The van der Waals surface area contributed by atoms with Crippen LogP contribution >= 0.6 is 0 Å². The molecule has 0 saturated heterocycles. The first-order valence-corrected chi connectivity index (χ1v) is 20.3. The van der Waals surface area contributed by atoms with Crippen LogP contribution in [0.3, 0.4) is 0 Å². The topological polar surface area (TPSA) is 46.3 Å². The molecule has 0 spiro atoms. The van der Waals surface area contributed by atoms with Gasteiger partial charge < -0.3 is 9.30 Å². The smallest absolute Gasteiger partial charge is 0.164 e. The Morgan fingerprint density at radius 1 is 0.475 bits per heavy atom. The minimum atomic E-state index is -0.332. The Balaban J connectivity index is 1.04. The van der Waals surface area contributed by atoms with E-state index in [2.05, 4.69) is 186 Å². The molecule has 4 heterocycles. The molecular formula is C54H35N5. The van der Waals surface area contributed by atoms with Crippen molar-refractivity contribution in [2.75, 3.05) is 4.90 Å². The van der Waals surface area contributed by atoms with Crippen LogP contribution in [-0.4, -0.2) is 24.9 Å². The predicted molar refractivity (Wildman–Crippen MR) is 244 cm³/mol. The third kappa shape index (κ3) is 4.53. The van der Waals surface area contributed by atoms with Crippen LogP contribution in [0, 0.1) is 0 Å². The van der Waals surface area contributed by atoms with Gasteiger partial charge in [0, 0.05) is 60.9 Å². The van der Waals surface area contributed by atoms with Crippen LogP contribution in [0.1, 0.15) is 18.4 Å². The molecule has 0 amide bonds. The second-order valence-corrected chi connectivity index (χ2v) is 16.2. The average Bonchev–Trinajstić information content (AvgIpc) is 3.90. The summed E-state index contributed by atoms with van der Waals surface area (Å²) in [6.07, 6.45) is 9.19. The van der Waals surface area contributed by atoms with E-state index >= 15 is 0 Å². The molecule has 2 atom stereocenters. The summed E-state index contributed by atoms with van der Waals surface area (Å²) in [6, 6.07) is 58.8. The van der Waals surface area contributed by atoms with Crippen molar-refractivity contribution in [2.45, 2.75) is 18.4 Å². The Kier molecular flexibility index (Phi) is 6.57. The molecule has 11 aromatic rings. The van der Waals surface area contributed by atoms with Gasteiger partial charge >= 0.3 is 0 Å². The molecule has 8 aromatic carbocycles. The fourth-order valence-corrected chi connectivity index (χ4v) is 10.3. The van der Waals surface area contributed by atoms with Crippen molar-refractivity contribution in [3.05, 3.63) is 194 Å². The summed E-state index contributed by atoms with van der Waals surface area (Å²) >= 11 is 0. The SMILES string of the molecule is CC12C=CC=CC1c1cc3c4cccc5c6ccccc6n(c3cc1N2c1ccc(-c2nc(-c3ccccc3)nc(-c3ccc6ccccc6c3)n2)c2ccccc12)c54. The molecule has 59 heavy (non-hydrogen) atoms. The zero-order valence-electron chi connectivity index (χ0n) is 32.2. The summed E-state index contributed by atoms with van der Waals surface area (Å²) in [5, 5.41) is 9.76. The van der Waals surface area contributed by atoms with Crippen molar-refractivity contribution in [2.24, 2.45) is 0 Å². The molecule has 3 aromatic heterocycles. The lowest BCUT2D eigenvalue weighted by Crippen LogP contribution is -2.42. The number of hydrogen-bond acceptors (Lipinski definition) is 4. The standard InChI is InChI=1S/C54H35N5/c1-54-29-12-11-23-45(54)44-31-43-41-22-13-21-40-39-20-9-10-24-46(39)58(50(40)41)48(43)32-49(44)59(54)47-28-27-42(37-18-7-8-19-38(37)47)53-56-51(34-15-3-2-4-16-34)55-52(57-53)36-26-25-33-14-5-6-17-35(33)30-36/h2-32,45H,1H3. The van der Waals surface area contributed by atoms with Crippen LogP contribution in [0.2, 0.25) is 0 Å². The molecule has 0 N–H and O–H groups in total. The highest BCUT2D eigenvalue weighted by atomic mass is 15.2. The van der Waals surface area contributed by atoms with Crippen LogP contribution in [-0.2, 0) is 0 Å². The number of anilines is 2. The van der Waals surface area contributed by atoms with Gasteiger partial charge in [-0.3, -0.25) is 0 Å². The quantitative estimate of drug-likeness (QED) is 0.180. The fraction of sp³-hybridized carbons (Fsp3) is 0.0556. The first kappa shape index (κ1) is 32.5. The fourth-order valence-electron chi connectivity index (χ4n) is 10.3. The van der Waals surface area contributed by atoms with Gasteiger partial charge in [-0.25, -0.2) is 15.0 Å². The average molecular weight is 754 g/mol. The highest BCUT2D eigenvalue weighted by Crippen LogP contribution is 2.57. The van der Waals surface area contributed by atoms with Gasteiger partial charge in [0.25, 0.3) is 0 Å². The zero-order valence-corrected chi connectivity index (χ0v) is 32.2. The summed E-state index contributed by atoms with van der Waals surface area (Å²) < 4.78 is 2.49. The van der Waals surface area contributed by atoms with Crippen molar-refractivity contribution in [1.29, 1.82) is 0 Å². The molecular weight excluding hydrogens is 719 g/mol. The van der Waals surface area contributed by atoms with E-state index in [4.69, 9.17) is 15.0 Å². The number of benzene rings is 8. The number of aromatic nitrogens is 4. The van der Waals surface area contributed by atoms with E-state index in [0.717, 1.165) is 38.5 Å². The lowest BCUT2D eigenvalue weighted by atomic mass is 9.80. The Bertz CT molecular complexity index is 3600. The van der Waals surface area contributed by atoms with Gasteiger partial charge in [0.1, 0.15) is 0 Å². The molecule has 5 nitrogen and oxygen atoms in total. The number of rotatable bonds is 4. The van der Waals surface area contributed by atoms with Crippen molar-refractivity contribution < 1.29 is 0 Å². The van der Waals surface area contributed by atoms with E-state index < -0.39 is 0 Å². The summed E-state index contributed by atoms with van der Waals surface area (Å²) in [5.74, 6) is 2.12. The molecule has 1 aliphatic carbocycles. The number of para-hydroxylation sites is 2. The Morgan fingerprint density at radius 2 is 1.17 bits per heavy atom. The largest absolute Gasteiger partial charge is 0.330 e. The first-order chi connectivity index (χ1) is 29.1. The van der Waals surface area contributed by atoms with Gasteiger partial charge in [-0.15, -0.1) is 0 Å². The monoisotopic (exact) mass is 753 g/mol. The summed E-state index contributed by atoms with van der Waals surface area (Å²) in [7, 11) is 0. The maximum Gasteiger partial charge on any atom is 0.164 e. The van der Waals surface area contributed by atoms with Gasteiger partial charge in [0.05, 0.1) is 22.1 Å². The highest BCUT2D eigenvalue weighted by Gasteiger charge is 2.48. The van der Waals surface area contributed by atoms with Gasteiger partial charge in [0.2, 0.25) is 0 Å². The third-order valence-electron chi connectivity index (χ3n) is 13.0. The molecule has 1 aliphatic heterocycles. The Hall–Kier alpha value is -7.63. The first-order valence-electron chi connectivity index (χ1n) is 20.3. The van der Waals surface area contributed by atoms with Gasteiger partial charge in [-0.1, -0.05) is 152 Å². The molecule has 13 rings (SSSR count). The number of allylic oxidation sites excluding steroid dienone is 2. The predicted octanol–water partition coefficient (Wildman–Crippen LogP) is 13.4. The minimum absolute atomic E-state index is 0.170. The van der Waals surface area contributed by atoms with Crippen molar-refractivity contribution >= 4 is 71.0 Å². The van der Waals surface area contributed by atoms with E-state index in [9.17, 15) is 0 Å². The highest BCUT2D eigenvalue weighted by molar-refractivity contribution is 6.24. The Morgan fingerprint density at radius 3 is 2.03 bits per heavy atom. The maximum absolute atomic E-state index is 5.24. The molecule has 0 radical (unpaired) electrons. The molecule has 2 unspecified atom stereocenters. The van der Waals surface area contributed by atoms with Crippen molar-refractivity contribution in [3.8, 4) is 34.2 Å². The van der Waals surface area contributed by atoms with E-state index in [-0.39, 0.29) is 11.5 Å². The Labute approximate surface area is 340 Å². The van der Waals surface area contributed by atoms with E-state index in [0.29, 0.717) is 17.5 Å². The third-order valence-corrected chi connectivity index (χ3v) is 13.0. The summed E-state index contributed by atoms with van der Waals surface area (Å²) in [6.45, 7) is 2.39. The van der Waals surface area contributed by atoms with Gasteiger partial charge in [-0.2, -0.15) is 0 Å². The normalized spacial score (nSPS) is 17.3. The van der Waals surface area contributed by atoms with Crippen LogP contribution in [0.25, 0.3) is 93.8 Å². The zero-order chi connectivity index (χ0) is 38.8. The molecule has 2 aliphatic rings. The van der Waals surface area contributed by atoms with E-state index in [1.165, 1.54) is 54.7 Å². The van der Waals surface area contributed by atoms with Crippen LogP contribution in [0.5, 0.6) is 0 Å². The summed E-state index contributed by atoms with van der Waals surface area (Å²) in [4.78, 5) is 18.1.